The van der Waals surface area contributed by atoms with Gasteiger partial charge < -0.3 is 5.11 Å². The van der Waals surface area contributed by atoms with E-state index in [1.165, 1.54) is 25.7 Å². The van der Waals surface area contributed by atoms with E-state index in [-0.39, 0.29) is 0 Å². The smallest absolute Gasteiger partial charge is 0.0756 e. The Morgan fingerprint density at radius 3 is 2.54 bits per heavy atom. The van der Waals surface area contributed by atoms with E-state index in [1.807, 2.05) is 0 Å². The lowest BCUT2D eigenvalue weighted by atomic mass is 9.98. The summed E-state index contributed by atoms with van der Waals surface area (Å²) < 4.78 is 0. The van der Waals surface area contributed by atoms with Crippen molar-refractivity contribution in [1.29, 1.82) is 0 Å². The number of hydrogen-bond acceptors (Lipinski definition) is 1. The number of unbranched alkanes of at least 4 members (excludes halogenated alkanes) is 2. The van der Waals surface area contributed by atoms with E-state index in [1.54, 1.807) is 0 Å². The molecule has 0 heterocycles. The quantitative estimate of drug-likeness (QED) is 0.523. The van der Waals surface area contributed by atoms with Crippen LogP contribution in [-0.4, -0.2) is 10.7 Å². The first-order valence-corrected chi connectivity index (χ1v) is 5.45. The van der Waals surface area contributed by atoms with Crippen LogP contribution in [-0.2, 0) is 0 Å². The predicted octanol–water partition coefficient (Wildman–Crippen LogP) is 2.88. The standard InChI is InChI=1S/C12H20O/c1-2-3-4-5-6-9-12(13)10-7-8-11-12/h13H,2-4,7-11H2,1H3. The largest absolute Gasteiger partial charge is 0.389 e. The van der Waals surface area contributed by atoms with Gasteiger partial charge in [0.25, 0.3) is 0 Å². The average molecular weight is 180 g/mol. The van der Waals surface area contributed by atoms with Crippen molar-refractivity contribution >= 4 is 0 Å². The second kappa shape index (κ2) is 5.29. The summed E-state index contributed by atoms with van der Waals surface area (Å²) in [6.07, 6.45) is 8.33. The zero-order chi connectivity index (χ0) is 9.57. The van der Waals surface area contributed by atoms with Crippen LogP contribution in [0.3, 0.4) is 0 Å². The molecule has 1 nitrogen and oxygen atoms in total. The molecule has 0 unspecified atom stereocenters. The molecule has 0 aromatic carbocycles. The summed E-state index contributed by atoms with van der Waals surface area (Å²) in [5.74, 6) is 6.23. The second-order valence-corrected chi connectivity index (χ2v) is 4.07. The Labute approximate surface area is 81.5 Å². The molecule has 0 saturated heterocycles. The summed E-state index contributed by atoms with van der Waals surface area (Å²) in [6.45, 7) is 2.17. The van der Waals surface area contributed by atoms with Crippen LogP contribution >= 0.6 is 0 Å². The fourth-order valence-electron chi connectivity index (χ4n) is 1.79. The van der Waals surface area contributed by atoms with Crippen molar-refractivity contribution < 1.29 is 5.11 Å². The first-order chi connectivity index (χ1) is 6.27. The van der Waals surface area contributed by atoms with Gasteiger partial charge in [0.15, 0.2) is 0 Å². The Morgan fingerprint density at radius 2 is 1.92 bits per heavy atom. The molecule has 0 radical (unpaired) electrons. The van der Waals surface area contributed by atoms with Gasteiger partial charge in [0.05, 0.1) is 5.60 Å². The minimum atomic E-state index is -0.431. The van der Waals surface area contributed by atoms with Crippen molar-refractivity contribution in [2.24, 2.45) is 0 Å². The highest BCUT2D eigenvalue weighted by atomic mass is 16.3. The van der Waals surface area contributed by atoms with Crippen LogP contribution < -0.4 is 0 Å². The highest BCUT2D eigenvalue weighted by Gasteiger charge is 2.29. The van der Waals surface area contributed by atoms with Gasteiger partial charge in [-0.2, -0.15) is 0 Å². The summed E-state index contributed by atoms with van der Waals surface area (Å²) in [6, 6.07) is 0. The average Bonchev–Trinajstić information content (AvgIpc) is 2.53. The molecule has 1 fully saturated rings. The zero-order valence-electron chi connectivity index (χ0n) is 8.60. The fraction of sp³-hybridized carbons (Fsp3) is 0.833. The topological polar surface area (TPSA) is 20.2 Å². The first kappa shape index (κ1) is 10.6. The number of rotatable bonds is 3. The summed E-state index contributed by atoms with van der Waals surface area (Å²) in [5.41, 5.74) is -0.431. The molecule has 1 aliphatic carbocycles. The summed E-state index contributed by atoms with van der Waals surface area (Å²) in [5, 5.41) is 9.95. The van der Waals surface area contributed by atoms with Gasteiger partial charge in [-0.1, -0.05) is 26.2 Å². The van der Waals surface area contributed by atoms with Crippen LogP contribution in [0, 0.1) is 11.8 Å². The van der Waals surface area contributed by atoms with Crippen molar-refractivity contribution in [3.63, 3.8) is 0 Å². The minimum absolute atomic E-state index is 0.431. The minimum Gasteiger partial charge on any atom is -0.389 e. The number of hydrogen-bond donors (Lipinski definition) is 1. The SMILES string of the molecule is CCCCC#CCC1(O)CCCC1. The van der Waals surface area contributed by atoms with Gasteiger partial charge in [0, 0.05) is 12.8 Å². The van der Waals surface area contributed by atoms with E-state index in [2.05, 4.69) is 18.8 Å². The third kappa shape index (κ3) is 3.83. The maximum atomic E-state index is 9.95. The van der Waals surface area contributed by atoms with E-state index in [0.717, 1.165) is 19.3 Å². The molecule has 1 N–H and O–H groups in total. The van der Waals surface area contributed by atoms with Crippen LogP contribution in [0.15, 0.2) is 0 Å². The van der Waals surface area contributed by atoms with E-state index >= 15 is 0 Å². The Balaban J connectivity index is 2.19. The van der Waals surface area contributed by atoms with E-state index in [9.17, 15) is 5.11 Å². The Kier molecular flexibility index (Phi) is 4.32. The van der Waals surface area contributed by atoms with Gasteiger partial charge in [-0.25, -0.2) is 0 Å². The molecular formula is C12H20O. The molecule has 0 aliphatic heterocycles. The number of aliphatic hydroxyl groups is 1. The second-order valence-electron chi connectivity index (χ2n) is 4.07. The van der Waals surface area contributed by atoms with Crippen molar-refractivity contribution in [1.82, 2.24) is 0 Å². The highest BCUT2D eigenvalue weighted by Crippen LogP contribution is 2.31. The molecule has 13 heavy (non-hydrogen) atoms. The molecule has 0 spiro atoms. The van der Waals surface area contributed by atoms with Crippen molar-refractivity contribution in [3.8, 4) is 11.8 Å². The van der Waals surface area contributed by atoms with Gasteiger partial charge in [0.1, 0.15) is 0 Å². The molecule has 1 saturated carbocycles. The van der Waals surface area contributed by atoms with Gasteiger partial charge >= 0.3 is 0 Å². The molecule has 74 valence electrons. The van der Waals surface area contributed by atoms with Gasteiger partial charge in [0.2, 0.25) is 0 Å². The predicted molar refractivity (Wildman–Crippen MR) is 55.3 cm³/mol. The van der Waals surface area contributed by atoms with Crippen molar-refractivity contribution in [2.75, 3.05) is 0 Å². The fourth-order valence-corrected chi connectivity index (χ4v) is 1.79. The Hall–Kier alpha value is -0.480. The molecular weight excluding hydrogens is 160 g/mol. The monoisotopic (exact) mass is 180 g/mol. The van der Waals surface area contributed by atoms with Crippen LogP contribution in [0.4, 0.5) is 0 Å². The maximum Gasteiger partial charge on any atom is 0.0756 e. The van der Waals surface area contributed by atoms with Gasteiger partial charge in [-0.15, -0.1) is 11.8 Å². The van der Waals surface area contributed by atoms with E-state index < -0.39 is 5.60 Å². The third-order valence-electron chi connectivity index (χ3n) is 2.73. The Morgan fingerprint density at radius 1 is 1.23 bits per heavy atom. The molecule has 0 aromatic heterocycles. The lowest BCUT2D eigenvalue weighted by Crippen LogP contribution is -2.22. The lowest BCUT2D eigenvalue weighted by molar-refractivity contribution is 0.0532. The van der Waals surface area contributed by atoms with Crippen LogP contribution in [0.2, 0.25) is 0 Å². The van der Waals surface area contributed by atoms with Crippen LogP contribution in [0.5, 0.6) is 0 Å². The molecule has 1 heteroatoms. The van der Waals surface area contributed by atoms with Gasteiger partial charge in [-0.3, -0.25) is 0 Å². The molecule has 0 bridgehead atoms. The normalized spacial score (nSPS) is 19.5. The van der Waals surface area contributed by atoms with Crippen LogP contribution in [0.1, 0.15) is 58.3 Å². The molecule has 0 atom stereocenters. The molecule has 0 amide bonds. The van der Waals surface area contributed by atoms with Crippen molar-refractivity contribution in [2.45, 2.75) is 63.9 Å². The third-order valence-corrected chi connectivity index (χ3v) is 2.73. The molecule has 1 aliphatic rings. The molecule has 0 aromatic rings. The van der Waals surface area contributed by atoms with E-state index in [0.29, 0.717) is 6.42 Å². The highest BCUT2D eigenvalue weighted by molar-refractivity contribution is 5.04. The summed E-state index contributed by atoms with van der Waals surface area (Å²) in [7, 11) is 0. The summed E-state index contributed by atoms with van der Waals surface area (Å²) in [4.78, 5) is 0. The Bertz CT molecular complexity index is 191. The maximum absolute atomic E-state index is 9.95. The zero-order valence-corrected chi connectivity index (χ0v) is 8.60. The van der Waals surface area contributed by atoms with Gasteiger partial charge in [-0.05, 0) is 19.3 Å². The van der Waals surface area contributed by atoms with Crippen LogP contribution in [0.25, 0.3) is 0 Å². The van der Waals surface area contributed by atoms with E-state index in [4.69, 9.17) is 0 Å². The molecule has 1 rings (SSSR count). The summed E-state index contributed by atoms with van der Waals surface area (Å²) >= 11 is 0. The van der Waals surface area contributed by atoms with Crippen molar-refractivity contribution in [3.05, 3.63) is 0 Å². The first-order valence-electron chi connectivity index (χ1n) is 5.45. The lowest BCUT2D eigenvalue weighted by Gasteiger charge is -2.17.